The first kappa shape index (κ1) is 21.2. The van der Waals surface area contributed by atoms with Gasteiger partial charge in [0.2, 0.25) is 0 Å². The predicted molar refractivity (Wildman–Crippen MR) is 99.5 cm³/mol. The van der Waals surface area contributed by atoms with Gasteiger partial charge in [-0.2, -0.15) is 0 Å². The number of rotatable bonds is 5. The summed E-state index contributed by atoms with van der Waals surface area (Å²) in [5, 5.41) is 38.8. The van der Waals surface area contributed by atoms with Crippen molar-refractivity contribution in [2.24, 2.45) is 11.8 Å². The third-order valence-electron chi connectivity index (χ3n) is 5.34. The molecule has 1 aromatic carbocycles. The molecule has 10 nitrogen and oxygen atoms in total. The molecule has 1 aromatic heterocycles. The number of aliphatic hydroxyl groups is 4. The topological polar surface area (TPSA) is 160 Å². The van der Waals surface area contributed by atoms with Gasteiger partial charge in [-0.1, -0.05) is 11.6 Å². The number of oxazole rings is 1. The van der Waals surface area contributed by atoms with Crippen LogP contribution < -0.4 is 0 Å². The molecule has 1 aliphatic carbocycles. The summed E-state index contributed by atoms with van der Waals surface area (Å²) in [6, 6.07) is 3.03. The van der Waals surface area contributed by atoms with Gasteiger partial charge in [0.1, 0.15) is 36.5 Å². The van der Waals surface area contributed by atoms with Crippen LogP contribution in [0, 0.1) is 18.8 Å². The number of ether oxygens (including phenoxy) is 2. The van der Waals surface area contributed by atoms with Crippen LogP contribution >= 0.6 is 11.6 Å². The zero-order chi connectivity index (χ0) is 21.7. The molecule has 2 heterocycles. The van der Waals surface area contributed by atoms with Crippen molar-refractivity contribution in [1.82, 2.24) is 4.98 Å². The summed E-state index contributed by atoms with van der Waals surface area (Å²) in [5.41, 5.74) is 1.15. The van der Waals surface area contributed by atoms with Crippen molar-refractivity contribution >= 4 is 34.5 Å². The van der Waals surface area contributed by atoms with Crippen LogP contribution in [0.25, 0.3) is 11.1 Å². The first-order valence-corrected chi connectivity index (χ1v) is 9.70. The minimum Gasteiger partial charge on any atom is -0.463 e. The van der Waals surface area contributed by atoms with Crippen LogP contribution in [-0.4, -0.2) is 74.5 Å². The maximum Gasteiger partial charge on any atom is 0.309 e. The lowest BCUT2D eigenvalue weighted by atomic mass is 9.99. The predicted octanol–water partition coefficient (Wildman–Crippen LogP) is -0.0485. The van der Waals surface area contributed by atoms with Crippen LogP contribution in [0.5, 0.6) is 0 Å². The highest BCUT2D eigenvalue weighted by molar-refractivity contribution is 6.35. The Labute approximate surface area is 175 Å². The standard InChI is InChI=1S/C19H20ClNO9/c1-6-21-11-3-7(2-10(20)17(11)29-6)13(22)8-4-9(8)18(26)28-5-12-14(23)15(24)16(25)19(27)30-12/h2-3,8-9,12,14-16,19,23-25,27H,4-5H2,1H3/t8-,9-,12+,14-,15-,16+,19-/m0/s1. The number of fused-ring (bicyclic) bond motifs is 1. The van der Waals surface area contributed by atoms with E-state index < -0.39 is 55.1 Å². The molecular formula is C19H20ClNO9. The Hall–Kier alpha value is -2.08. The minimum absolute atomic E-state index is 0.249. The van der Waals surface area contributed by atoms with Gasteiger partial charge in [-0.25, -0.2) is 4.98 Å². The molecule has 2 aliphatic rings. The molecule has 1 aliphatic heterocycles. The largest absolute Gasteiger partial charge is 0.463 e. The molecule has 0 amide bonds. The molecule has 1 saturated heterocycles. The molecule has 7 atom stereocenters. The maximum absolute atomic E-state index is 12.7. The normalized spacial score (nSPS) is 33.5. The highest BCUT2D eigenvalue weighted by atomic mass is 35.5. The van der Waals surface area contributed by atoms with Crippen molar-refractivity contribution in [3.8, 4) is 0 Å². The van der Waals surface area contributed by atoms with E-state index in [9.17, 15) is 30.0 Å². The number of esters is 1. The lowest BCUT2D eigenvalue weighted by Gasteiger charge is -2.37. The third-order valence-corrected chi connectivity index (χ3v) is 5.62. The number of carbonyl (C=O) groups excluding carboxylic acids is 2. The molecule has 0 radical (unpaired) electrons. The monoisotopic (exact) mass is 441 g/mol. The van der Waals surface area contributed by atoms with Crippen LogP contribution in [0.4, 0.5) is 0 Å². The number of nitrogens with zero attached hydrogens (tertiary/aromatic N) is 1. The second kappa shape index (κ2) is 7.88. The number of benzene rings is 1. The third kappa shape index (κ3) is 3.82. The lowest BCUT2D eigenvalue weighted by molar-refractivity contribution is -0.287. The van der Waals surface area contributed by atoms with Crippen molar-refractivity contribution in [3.63, 3.8) is 0 Å². The van der Waals surface area contributed by atoms with Crippen molar-refractivity contribution in [2.45, 2.75) is 44.1 Å². The van der Waals surface area contributed by atoms with E-state index in [1.165, 1.54) is 6.07 Å². The number of aromatic nitrogens is 1. The Morgan fingerprint density at radius 2 is 1.90 bits per heavy atom. The molecule has 2 aromatic rings. The highest BCUT2D eigenvalue weighted by Crippen LogP contribution is 2.43. The van der Waals surface area contributed by atoms with Crippen molar-refractivity contribution in [1.29, 1.82) is 0 Å². The molecule has 0 spiro atoms. The Balaban J connectivity index is 1.36. The SMILES string of the molecule is Cc1nc2cc(C(=O)[C@H]3C[C@@H]3C(=O)OC[C@H]3O[C@H](O)[C@H](O)[C@@H](O)[C@H]3O)cc(Cl)c2o1. The molecule has 4 rings (SSSR count). The fourth-order valence-electron chi connectivity index (χ4n) is 3.54. The summed E-state index contributed by atoms with van der Waals surface area (Å²) >= 11 is 6.15. The molecule has 1 saturated carbocycles. The van der Waals surface area contributed by atoms with Gasteiger partial charge in [0.25, 0.3) is 0 Å². The number of aliphatic hydroxyl groups excluding tert-OH is 4. The molecule has 2 fully saturated rings. The average molecular weight is 442 g/mol. The lowest BCUT2D eigenvalue weighted by Crippen LogP contribution is -2.58. The van der Waals surface area contributed by atoms with E-state index >= 15 is 0 Å². The van der Waals surface area contributed by atoms with Crippen LogP contribution in [0.1, 0.15) is 22.7 Å². The molecule has 11 heteroatoms. The second-order valence-electron chi connectivity index (χ2n) is 7.52. The van der Waals surface area contributed by atoms with Gasteiger partial charge in [0, 0.05) is 18.4 Å². The van der Waals surface area contributed by atoms with E-state index in [1.807, 2.05) is 0 Å². The first-order valence-electron chi connectivity index (χ1n) is 9.32. The molecule has 30 heavy (non-hydrogen) atoms. The van der Waals surface area contributed by atoms with Gasteiger partial charge in [-0.15, -0.1) is 0 Å². The fourth-order valence-corrected chi connectivity index (χ4v) is 3.80. The summed E-state index contributed by atoms with van der Waals surface area (Å²) in [6.45, 7) is 1.21. The zero-order valence-corrected chi connectivity index (χ0v) is 16.5. The smallest absolute Gasteiger partial charge is 0.309 e. The number of hydrogen-bond acceptors (Lipinski definition) is 10. The van der Waals surface area contributed by atoms with E-state index in [1.54, 1.807) is 13.0 Å². The number of Topliss-reactive ketones (excluding diaryl/α,β-unsaturated/α-hetero) is 1. The quantitative estimate of drug-likeness (QED) is 0.366. The Bertz CT molecular complexity index is 992. The Morgan fingerprint density at radius 1 is 1.17 bits per heavy atom. The number of ketones is 1. The Morgan fingerprint density at radius 3 is 2.63 bits per heavy atom. The molecule has 0 unspecified atom stereocenters. The van der Waals surface area contributed by atoms with E-state index in [0.717, 1.165) is 0 Å². The number of aryl methyl sites for hydroxylation is 1. The van der Waals surface area contributed by atoms with E-state index in [-0.39, 0.29) is 10.8 Å². The van der Waals surface area contributed by atoms with Crippen molar-refractivity contribution in [2.75, 3.05) is 6.61 Å². The fraction of sp³-hybridized carbons (Fsp3) is 0.526. The van der Waals surface area contributed by atoms with Crippen LogP contribution in [-0.2, 0) is 14.3 Å². The summed E-state index contributed by atoms with van der Waals surface area (Å²) in [7, 11) is 0. The van der Waals surface area contributed by atoms with Gasteiger partial charge in [0.15, 0.2) is 23.5 Å². The molecule has 4 N–H and O–H groups in total. The second-order valence-corrected chi connectivity index (χ2v) is 7.93. The summed E-state index contributed by atoms with van der Waals surface area (Å²) < 4.78 is 15.4. The van der Waals surface area contributed by atoms with E-state index in [0.29, 0.717) is 29.0 Å². The van der Waals surface area contributed by atoms with Gasteiger partial charge < -0.3 is 34.3 Å². The molecule has 0 bridgehead atoms. The number of halogens is 1. The van der Waals surface area contributed by atoms with Crippen LogP contribution in [0.2, 0.25) is 5.02 Å². The van der Waals surface area contributed by atoms with Crippen molar-refractivity contribution < 1.29 is 43.9 Å². The zero-order valence-electron chi connectivity index (χ0n) is 15.8. The summed E-state index contributed by atoms with van der Waals surface area (Å²) in [6.07, 6.45) is -7.51. The van der Waals surface area contributed by atoms with Crippen molar-refractivity contribution in [3.05, 3.63) is 28.6 Å². The maximum atomic E-state index is 12.7. The summed E-state index contributed by atoms with van der Waals surface area (Å²) in [5.74, 6) is -1.76. The van der Waals surface area contributed by atoms with Crippen LogP contribution in [0.3, 0.4) is 0 Å². The summed E-state index contributed by atoms with van der Waals surface area (Å²) in [4.78, 5) is 29.2. The molecule has 162 valence electrons. The van der Waals surface area contributed by atoms with Gasteiger partial charge >= 0.3 is 5.97 Å². The Kier molecular flexibility index (Phi) is 5.56. The highest BCUT2D eigenvalue weighted by Gasteiger charge is 2.50. The number of hydrogen-bond donors (Lipinski definition) is 4. The van der Waals surface area contributed by atoms with Crippen LogP contribution in [0.15, 0.2) is 16.5 Å². The first-order chi connectivity index (χ1) is 14.2. The molecular weight excluding hydrogens is 422 g/mol. The van der Waals surface area contributed by atoms with E-state index in [2.05, 4.69) is 4.98 Å². The minimum atomic E-state index is -1.72. The van der Waals surface area contributed by atoms with Gasteiger partial charge in [-0.3, -0.25) is 9.59 Å². The van der Waals surface area contributed by atoms with Gasteiger partial charge in [0.05, 0.1) is 10.9 Å². The number of carbonyl (C=O) groups is 2. The van der Waals surface area contributed by atoms with Gasteiger partial charge in [-0.05, 0) is 18.6 Å². The average Bonchev–Trinajstić information content (AvgIpc) is 3.42. The van der Waals surface area contributed by atoms with E-state index in [4.69, 9.17) is 25.5 Å².